The SMILES string of the molecule is O=C1CCSc2ccc(C(=O)OCc3csc(-c4ccsc4)n3)cc2N1. The molecule has 0 saturated heterocycles. The average Bonchev–Trinajstić information content (AvgIpc) is 3.28. The van der Waals surface area contributed by atoms with Crippen molar-refractivity contribution in [1.29, 1.82) is 0 Å². The van der Waals surface area contributed by atoms with Crippen LogP contribution in [0.5, 0.6) is 0 Å². The van der Waals surface area contributed by atoms with E-state index in [1.54, 1.807) is 35.2 Å². The van der Waals surface area contributed by atoms with Crippen LogP contribution in [0.15, 0.2) is 45.3 Å². The molecule has 0 atom stereocenters. The van der Waals surface area contributed by atoms with Crippen molar-refractivity contribution in [2.45, 2.75) is 17.9 Å². The van der Waals surface area contributed by atoms with Gasteiger partial charge in [-0.3, -0.25) is 4.79 Å². The van der Waals surface area contributed by atoms with Crippen molar-refractivity contribution in [3.05, 3.63) is 51.7 Å². The number of amides is 1. The molecule has 3 aromatic rings. The number of nitrogens with one attached hydrogen (secondary N) is 1. The zero-order valence-corrected chi connectivity index (χ0v) is 16.0. The second-order valence-corrected chi connectivity index (χ2v) is 8.36. The number of aromatic nitrogens is 1. The zero-order valence-electron chi connectivity index (χ0n) is 13.6. The first-order chi connectivity index (χ1) is 12.7. The minimum atomic E-state index is -0.429. The van der Waals surface area contributed by atoms with Crippen LogP contribution in [0.4, 0.5) is 5.69 Å². The Morgan fingerprint density at radius 1 is 1.27 bits per heavy atom. The molecule has 0 saturated carbocycles. The topological polar surface area (TPSA) is 68.3 Å². The molecule has 132 valence electrons. The number of carbonyl (C=O) groups is 2. The number of anilines is 1. The van der Waals surface area contributed by atoms with Crippen molar-refractivity contribution < 1.29 is 14.3 Å². The average molecular weight is 403 g/mol. The van der Waals surface area contributed by atoms with Crippen LogP contribution in [0.2, 0.25) is 0 Å². The van der Waals surface area contributed by atoms with Gasteiger partial charge in [0.1, 0.15) is 11.6 Å². The Morgan fingerprint density at radius 3 is 3.04 bits per heavy atom. The Hall–Kier alpha value is -2.16. The van der Waals surface area contributed by atoms with E-state index in [9.17, 15) is 9.59 Å². The lowest BCUT2D eigenvalue weighted by Crippen LogP contribution is -2.11. The maximum atomic E-state index is 12.3. The summed E-state index contributed by atoms with van der Waals surface area (Å²) in [6, 6.07) is 7.26. The Kier molecular flexibility index (Phi) is 5.05. The highest BCUT2D eigenvalue weighted by Crippen LogP contribution is 2.32. The molecule has 26 heavy (non-hydrogen) atoms. The fraction of sp³-hybridized carbons (Fsp3) is 0.167. The van der Waals surface area contributed by atoms with Crippen molar-refractivity contribution >= 4 is 52.0 Å². The normalized spacial score (nSPS) is 13.6. The molecule has 4 rings (SSSR count). The fourth-order valence-electron chi connectivity index (χ4n) is 2.46. The summed E-state index contributed by atoms with van der Waals surface area (Å²) in [5.41, 5.74) is 2.89. The smallest absolute Gasteiger partial charge is 0.338 e. The molecular weight excluding hydrogens is 388 g/mol. The number of esters is 1. The molecule has 1 aliphatic heterocycles. The molecule has 0 spiro atoms. The Morgan fingerprint density at radius 2 is 2.19 bits per heavy atom. The maximum absolute atomic E-state index is 12.3. The van der Waals surface area contributed by atoms with Gasteiger partial charge in [-0.2, -0.15) is 11.3 Å². The van der Waals surface area contributed by atoms with Crippen LogP contribution in [0, 0.1) is 0 Å². The predicted octanol–water partition coefficient (Wildman–Crippen LogP) is 4.66. The van der Waals surface area contributed by atoms with Gasteiger partial charge in [0, 0.05) is 33.4 Å². The summed E-state index contributed by atoms with van der Waals surface area (Å²) >= 11 is 4.75. The summed E-state index contributed by atoms with van der Waals surface area (Å²) in [6.45, 7) is 0.123. The number of thioether (sulfide) groups is 1. The van der Waals surface area contributed by atoms with E-state index >= 15 is 0 Å². The van der Waals surface area contributed by atoms with E-state index in [-0.39, 0.29) is 12.5 Å². The minimum Gasteiger partial charge on any atom is -0.456 e. The first-order valence-electron chi connectivity index (χ1n) is 7.90. The number of ether oxygens (including phenoxy) is 1. The molecule has 8 heteroatoms. The number of nitrogens with zero attached hydrogens (tertiary/aromatic N) is 1. The second kappa shape index (κ2) is 7.61. The van der Waals surface area contributed by atoms with Gasteiger partial charge in [0.2, 0.25) is 5.91 Å². The first kappa shape index (κ1) is 17.3. The summed E-state index contributed by atoms with van der Waals surface area (Å²) in [6.07, 6.45) is 0.468. The van der Waals surface area contributed by atoms with Gasteiger partial charge in [-0.1, -0.05) is 0 Å². The van der Waals surface area contributed by atoms with E-state index in [4.69, 9.17) is 4.74 Å². The predicted molar refractivity (Wildman–Crippen MR) is 105 cm³/mol. The molecule has 1 amide bonds. The molecule has 1 aromatic carbocycles. The number of thiophene rings is 1. The van der Waals surface area contributed by atoms with Gasteiger partial charge in [0.15, 0.2) is 0 Å². The van der Waals surface area contributed by atoms with Crippen LogP contribution in [-0.2, 0) is 16.1 Å². The largest absolute Gasteiger partial charge is 0.456 e. The molecular formula is C18H14N2O3S3. The zero-order chi connectivity index (χ0) is 17.9. The third kappa shape index (κ3) is 3.82. The molecule has 0 radical (unpaired) electrons. The number of benzene rings is 1. The molecule has 1 aliphatic rings. The molecule has 5 nitrogen and oxygen atoms in total. The number of thiazole rings is 1. The molecule has 1 N–H and O–H groups in total. The van der Waals surface area contributed by atoms with Crippen LogP contribution >= 0.6 is 34.4 Å². The maximum Gasteiger partial charge on any atom is 0.338 e. The van der Waals surface area contributed by atoms with E-state index < -0.39 is 5.97 Å². The monoisotopic (exact) mass is 402 g/mol. The van der Waals surface area contributed by atoms with Crippen LogP contribution in [-0.4, -0.2) is 22.6 Å². The van der Waals surface area contributed by atoms with Crippen molar-refractivity contribution in [2.75, 3.05) is 11.1 Å². The lowest BCUT2D eigenvalue weighted by molar-refractivity contribution is -0.115. The van der Waals surface area contributed by atoms with Crippen LogP contribution in [0.3, 0.4) is 0 Å². The Bertz CT molecular complexity index is 951. The third-order valence-corrected chi connectivity index (χ3v) is 6.45. The fourth-order valence-corrected chi connectivity index (χ4v) is 4.92. The highest BCUT2D eigenvalue weighted by molar-refractivity contribution is 7.99. The van der Waals surface area contributed by atoms with Gasteiger partial charge < -0.3 is 10.1 Å². The van der Waals surface area contributed by atoms with Gasteiger partial charge in [-0.05, 0) is 29.6 Å². The first-order valence-corrected chi connectivity index (χ1v) is 10.7. The lowest BCUT2D eigenvalue weighted by atomic mass is 10.2. The summed E-state index contributed by atoms with van der Waals surface area (Å²) in [5.74, 6) is 0.269. The number of hydrogen-bond donors (Lipinski definition) is 1. The van der Waals surface area contributed by atoms with Crippen molar-refractivity contribution in [3.63, 3.8) is 0 Å². The summed E-state index contributed by atoms with van der Waals surface area (Å²) in [4.78, 5) is 29.5. The van der Waals surface area contributed by atoms with E-state index in [2.05, 4.69) is 10.3 Å². The van der Waals surface area contributed by atoms with Crippen molar-refractivity contribution in [1.82, 2.24) is 4.98 Å². The number of rotatable bonds is 4. The number of carbonyl (C=O) groups excluding carboxylic acids is 2. The molecule has 0 unspecified atom stereocenters. The highest BCUT2D eigenvalue weighted by atomic mass is 32.2. The quantitative estimate of drug-likeness (QED) is 0.643. The standard InChI is InChI=1S/C18H14N2O3S3/c21-16-4-6-25-15-2-1-11(7-14(15)20-16)18(22)23-8-13-10-26-17(19-13)12-3-5-24-9-12/h1-3,5,7,9-10H,4,6,8H2,(H,20,21). The van der Waals surface area contributed by atoms with Gasteiger partial charge in [0.25, 0.3) is 0 Å². The Balaban J connectivity index is 1.43. The summed E-state index contributed by atoms with van der Waals surface area (Å²) < 4.78 is 5.38. The van der Waals surface area contributed by atoms with Gasteiger partial charge in [-0.15, -0.1) is 23.1 Å². The molecule has 2 aromatic heterocycles. The van der Waals surface area contributed by atoms with E-state index in [1.807, 2.05) is 28.3 Å². The van der Waals surface area contributed by atoms with Gasteiger partial charge in [-0.25, -0.2) is 9.78 Å². The highest BCUT2D eigenvalue weighted by Gasteiger charge is 2.17. The van der Waals surface area contributed by atoms with E-state index in [1.165, 1.54) is 11.3 Å². The summed E-state index contributed by atoms with van der Waals surface area (Å²) in [7, 11) is 0. The van der Waals surface area contributed by atoms with Crippen LogP contribution < -0.4 is 5.32 Å². The van der Waals surface area contributed by atoms with Gasteiger partial charge in [0.05, 0.1) is 16.9 Å². The third-order valence-electron chi connectivity index (χ3n) is 3.75. The number of fused-ring (bicyclic) bond motifs is 1. The summed E-state index contributed by atoms with van der Waals surface area (Å²) in [5, 5.41) is 9.69. The molecule has 0 fully saturated rings. The van der Waals surface area contributed by atoms with Crippen molar-refractivity contribution in [2.24, 2.45) is 0 Å². The van der Waals surface area contributed by atoms with Crippen LogP contribution in [0.1, 0.15) is 22.5 Å². The van der Waals surface area contributed by atoms with Crippen molar-refractivity contribution in [3.8, 4) is 10.6 Å². The molecule has 0 bridgehead atoms. The lowest BCUT2D eigenvalue weighted by Gasteiger charge is -2.08. The van der Waals surface area contributed by atoms with Gasteiger partial charge >= 0.3 is 5.97 Å². The van der Waals surface area contributed by atoms with E-state index in [0.29, 0.717) is 17.7 Å². The van der Waals surface area contributed by atoms with Crippen LogP contribution in [0.25, 0.3) is 10.6 Å². The Labute approximate surface area is 162 Å². The number of hydrogen-bond acceptors (Lipinski definition) is 7. The molecule has 0 aliphatic carbocycles. The van der Waals surface area contributed by atoms with E-state index in [0.717, 1.165) is 26.9 Å². The second-order valence-electron chi connectivity index (χ2n) is 5.59. The molecule has 3 heterocycles. The minimum absolute atomic E-state index is 0.0369.